The molecule has 4 nitrogen and oxygen atoms in total. The van der Waals surface area contributed by atoms with Crippen LogP contribution < -0.4 is 5.32 Å². The molecule has 1 aromatic carbocycles. The molecule has 0 bridgehead atoms. The Bertz CT molecular complexity index is 382. The molecule has 0 unspecified atom stereocenters. The summed E-state index contributed by atoms with van der Waals surface area (Å²) in [5.74, 6) is 0.378. The summed E-state index contributed by atoms with van der Waals surface area (Å²) in [6, 6.07) is 6.30. The molecule has 72 valence electrons. The fourth-order valence-corrected chi connectivity index (χ4v) is 1.08. The molecule has 0 aliphatic heterocycles. The van der Waals surface area contributed by atoms with Gasteiger partial charge in [-0.2, -0.15) is 5.10 Å². The first kappa shape index (κ1) is 8.68. The van der Waals surface area contributed by atoms with E-state index >= 15 is 0 Å². The van der Waals surface area contributed by atoms with Gasteiger partial charge in [-0.15, -0.1) is 0 Å². The molecule has 14 heavy (non-hydrogen) atoms. The van der Waals surface area contributed by atoms with E-state index in [4.69, 9.17) is 0 Å². The minimum Gasteiger partial charge on any atom is -0.351 e. The average Bonchev–Trinajstić information content (AvgIpc) is 2.70. The zero-order chi connectivity index (χ0) is 9.80. The number of H-pyrrole nitrogens is 1. The lowest BCUT2D eigenvalue weighted by atomic mass is 10.2. The number of nitrogens with zero attached hydrogens (tertiary/aromatic N) is 2. The molecule has 1 heterocycles. The summed E-state index contributed by atoms with van der Waals surface area (Å²) >= 11 is 0. The largest absolute Gasteiger partial charge is 0.351 e. The third kappa shape index (κ3) is 2.07. The molecule has 0 spiro atoms. The molecule has 5 heteroatoms. The molecular formula is C9H9FN4. The smallest absolute Gasteiger partial charge is 0.218 e. The van der Waals surface area contributed by atoms with Crippen LogP contribution in [0.25, 0.3) is 0 Å². The molecular weight excluding hydrogens is 183 g/mol. The SMILES string of the molecule is Fc1ccc(CNc2ncn[nH]2)cc1. The number of aromatic nitrogens is 3. The van der Waals surface area contributed by atoms with E-state index in [1.54, 1.807) is 12.1 Å². The van der Waals surface area contributed by atoms with Crippen LogP contribution in [-0.4, -0.2) is 15.2 Å². The van der Waals surface area contributed by atoms with Crippen molar-refractivity contribution in [3.05, 3.63) is 42.0 Å². The van der Waals surface area contributed by atoms with Crippen LogP contribution in [0.4, 0.5) is 10.3 Å². The maximum Gasteiger partial charge on any atom is 0.218 e. The molecule has 0 radical (unpaired) electrons. The van der Waals surface area contributed by atoms with E-state index < -0.39 is 0 Å². The van der Waals surface area contributed by atoms with Crippen molar-refractivity contribution in [2.75, 3.05) is 5.32 Å². The lowest BCUT2D eigenvalue weighted by molar-refractivity contribution is 0.627. The highest BCUT2D eigenvalue weighted by Gasteiger charge is 1.95. The number of hydrogen-bond acceptors (Lipinski definition) is 3. The minimum absolute atomic E-state index is 0.228. The second kappa shape index (κ2) is 3.87. The Labute approximate surface area is 80.2 Å². The zero-order valence-electron chi connectivity index (χ0n) is 7.37. The summed E-state index contributed by atoms with van der Waals surface area (Å²) in [6.07, 6.45) is 1.42. The van der Waals surface area contributed by atoms with E-state index in [2.05, 4.69) is 20.5 Å². The molecule has 1 aromatic heterocycles. The molecule has 0 saturated carbocycles. The number of aromatic amines is 1. The summed E-state index contributed by atoms with van der Waals surface area (Å²) < 4.78 is 12.6. The van der Waals surface area contributed by atoms with Gasteiger partial charge in [-0.25, -0.2) is 14.5 Å². The first-order chi connectivity index (χ1) is 6.84. The lowest BCUT2D eigenvalue weighted by Gasteiger charge is -2.01. The Balaban J connectivity index is 1.95. The normalized spacial score (nSPS) is 10.1. The number of hydrogen-bond donors (Lipinski definition) is 2. The third-order valence-corrected chi connectivity index (χ3v) is 1.79. The van der Waals surface area contributed by atoms with Gasteiger partial charge in [0.15, 0.2) is 0 Å². The first-order valence-corrected chi connectivity index (χ1v) is 4.18. The van der Waals surface area contributed by atoms with Gasteiger partial charge in [0, 0.05) is 6.54 Å². The first-order valence-electron chi connectivity index (χ1n) is 4.18. The van der Waals surface area contributed by atoms with Crippen LogP contribution in [0, 0.1) is 5.82 Å². The second-order valence-electron chi connectivity index (χ2n) is 2.81. The van der Waals surface area contributed by atoms with Crippen molar-refractivity contribution in [3.8, 4) is 0 Å². The molecule has 0 fully saturated rings. The fraction of sp³-hybridized carbons (Fsp3) is 0.111. The summed E-state index contributed by atoms with van der Waals surface area (Å²) in [4.78, 5) is 3.90. The van der Waals surface area contributed by atoms with Gasteiger partial charge in [-0.1, -0.05) is 12.1 Å². The Morgan fingerprint density at radius 1 is 1.29 bits per heavy atom. The third-order valence-electron chi connectivity index (χ3n) is 1.79. The van der Waals surface area contributed by atoms with Crippen molar-refractivity contribution in [1.82, 2.24) is 15.2 Å². The lowest BCUT2D eigenvalue weighted by Crippen LogP contribution is -2.00. The maximum absolute atomic E-state index is 12.6. The minimum atomic E-state index is -0.228. The summed E-state index contributed by atoms with van der Waals surface area (Å²) in [6.45, 7) is 0.593. The van der Waals surface area contributed by atoms with Crippen molar-refractivity contribution in [1.29, 1.82) is 0 Å². The van der Waals surface area contributed by atoms with Crippen molar-refractivity contribution in [3.63, 3.8) is 0 Å². The van der Waals surface area contributed by atoms with E-state index in [1.165, 1.54) is 18.5 Å². The van der Waals surface area contributed by atoms with E-state index in [0.29, 0.717) is 12.5 Å². The van der Waals surface area contributed by atoms with Crippen molar-refractivity contribution in [2.45, 2.75) is 6.54 Å². The van der Waals surface area contributed by atoms with Crippen LogP contribution in [0.15, 0.2) is 30.6 Å². The molecule has 0 amide bonds. The summed E-state index contributed by atoms with van der Waals surface area (Å²) in [5.41, 5.74) is 0.989. The van der Waals surface area contributed by atoms with Gasteiger partial charge in [0.05, 0.1) is 0 Å². The predicted molar refractivity (Wildman–Crippen MR) is 50.1 cm³/mol. The average molecular weight is 192 g/mol. The van der Waals surface area contributed by atoms with Crippen molar-refractivity contribution < 1.29 is 4.39 Å². The highest BCUT2D eigenvalue weighted by atomic mass is 19.1. The van der Waals surface area contributed by atoms with Gasteiger partial charge >= 0.3 is 0 Å². The zero-order valence-corrected chi connectivity index (χ0v) is 7.37. The van der Waals surface area contributed by atoms with Gasteiger partial charge in [-0.05, 0) is 17.7 Å². The topological polar surface area (TPSA) is 53.6 Å². The van der Waals surface area contributed by atoms with Crippen LogP contribution in [-0.2, 0) is 6.54 Å². The second-order valence-corrected chi connectivity index (χ2v) is 2.81. The van der Waals surface area contributed by atoms with Gasteiger partial charge in [0.1, 0.15) is 12.1 Å². The molecule has 0 aliphatic carbocycles. The van der Waals surface area contributed by atoms with E-state index in [-0.39, 0.29) is 5.82 Å². The van der Waals surface area contributed by atoms with Gasteiger partial charge < -0.3 is 5.32 Å². The van der Waals surface area contributed by atoms with Crippen molar-refractivity contribution in [2.24, 2.45) is 0 Å². The van der Waals surface area contributed by atoms with Gasteiger partial charge in [0.2, 0.25) is 5.95 Å². The van der Waals surface area contributed by atoms with Gasteiger partial charge in [-0.3, -0.25) is 0 Å². The number of halogens is 1. The van der Waals surface area contributed by atoms with Crippen LogP contribution in [0.5, 0.6) is 0 Å². The molecule has 2 N–H and O–H groups in total. The number of anilines is 1. The Morgan fingerprint density at radius 3 is 2.71 bits per heavy atom. The molecule has 2 aromatic rings. The molecule has 0 aliphatic rings. The number of rotatable bonds is 3. The van der Waals surface area contributed by atoms with E-state index in [1.807, 2.05) is 0 Å². The number of nitrogens with one attached hydrogen (secondary N) is 2. The van der Waals surface area contributed by atoms with Gasteiger partial charge in [0.25, 0.3) is 0 Å². The molecule has 0 atom stereocenters. The predicted octanol–water partition coefficient (Wildman–Crippen LogP) is 1.56. The van der Waals surface area contributed by atoms with Crippen LogP contribution >= 0.6 is 0 Å². The van der Waals surface area contributed by atoms with Crippen molar-refractivity contribution >= 4 is 5.95 Å². The highest BCUT2D eigenvalue weighted by molar-refractivity contribution is 5.25. The summed E-state index contributed by atoms with van der Waals surface area (Å²) in [7, 11) is 0. The fourth-order valence-electron chi connectivity index (χ4n) is 1.08. The van der Waals surface area contributed by atoms with E-state index in [0.717, 1.165) is 5.56 Å². The van der Waals surface area contributed by atoms with Crippen LogP contribution in [0.3, 0.4) is 0 Å². The molecule has 2 rings (SSSR count). The number of benzene rings is 1. The monoisotopic (exact) mass is 192 g/mol. The Hall–Kier alpha value is -1.91. The maximum atomic E-state index is 12.6. The van der Waals surface area contributed by atoms with Crippen LogP contribution in [0.2, 0.25) is 0 Å². The quantitative estimate of drug-likeness (QED) is 0.775. The molecule has 0 saturated heterocycles. The standard InChI is InChI=1S/C9H9FN4/c10-8-3-1-7(2-4-8)5-11-9-12-6-13-14-9/h1-4,6H,5H2,(H2,11,12,13,14). The Morgan fingerprint density at radius 2 is 2.07 bits per heavy atom. The van der Waals surface area contributed by atoms with Crippen LogP contribution in [0.1, 0.15) is 5.56 Å². The van der Waals surface area contributed by atoms with E-state index in [9.17, 15) is 4.39 Å². The highest BCUT2D eigenvalue weighted by Crippen LogP contribution is 2.04. The Kier molecular flexibility index (Phi) is 2.40. The summed E-state index contributed by atoms with van der Waals surface area (Å²) in [5, 5.41) is 9.37.